The van der Waals surface area contributed by atoms with Crippen LogP contribution in [0.4, 0.5) is 14.5 Å². The summed E-state index contributed by atoms with van der Waals surface area (Å²) in [6, 6.07) is 2.11. The van der Waals surface area contributed by atoms with E-state index >= 15 is 0 Å². The number of hydrogen-bond acceptors (Lipinski definition) is 2. The first-order valence-electron chi connectivity index (χ1n) is 7.62. The zero-order valence-electron chi connectivity index (χ0n) is 12.2. The van der Waals surface area contributed by atoms with Gasteiger partial charge >= 0.3 is 0 Å². The second kappa shape index (κ2) is 6.02. The van der Waals surface area contributed by atoms with Gasteiger partial charge in [0.05, 0.1) is 0 Å². The molecule has 1 saturated heterocycles. The number of hydrogen-bond donors (Lipinski definition) is 1. The Morgan fingerprint density at radius 1 is 1.23 bits per heavy atom. The second-order valence-corrected chi connectivity index (χ2v) is 5.90. The Morgan fingerprint density at radius 3 is 2.77 bits per heavy atom. The summed E-state index contributed by atoms with van der Waals surface area (Å²) in [4.78, 5) is 25.4. The molecule has 2 amide bonds. The van der Waals surface area contributed by atoms with Crippen LogP contribution in [0, 0.1) is 11.6 Å². The van der Waals surface area contributed by atoms with Crippen molar-refractivity contribution < 1.29 is 18.4 Å². The lowest BCUT2D eigenvalue weighted by Crippen LogP contribution is -2.44. The Kier molecular flexibility index (Phi) is 4.09. The van der Waals surface area contributed by atoms with Crippen molar-refractivity contribution in [2.45, 2.75) is 44.6 Å². The van der Waals surface area contributed by atoms with Crippen LogP contribution in [0.15, 0.2) is 12.1 Å². The fourth-order valence-corrected chi connectivity index (χ4v) is 3.19. The average molecular weight is 308 g/mol. The van der Waals surface area contributed by atoms with E-state index in [-0.39, 0.29) is 24.3 Å². The van der Waals surface area contributed by atoms with Gasteiger partial charge in [-0.1, -0.05) is 0 Å². The quantitative estimate of drug-likeness (QED) is 0.911. The molecule has 0 aliphatic carbocycles. The van der Waals surface area contributed by atoms with Gasteiger partial charge in [-0.15, -0.1) is 0 Å². The molecule has 6 heteroatoms. The summed E-state index contributed by atoms with van der Waals surface area (Å²) in [5.41, 5.74) is 1.11. The fourth-order valence-electron chi connectivity index (χ4n) is 3.19. The van der Waals surface area contributed by atoms with Crippen molar-refractivity contribution in [3.8, 4) is 0 Å². The molecule has 1 atom stereocenters. The van der Waals surface area contributed by atoms with Crippen LogP contribution >= 0.6 is 0 Å². The van der Waals surface area contributed by atoms with E-state index in [1.165, 1.54) is 11.0 Å². The minimum absolute atomic E-state index is 0.0313. The van der Waals surface area contributed by atoms with Gasteiger partial charge in [0.25, 0.3) is 0 Å². The molecule has 1 unspecified atom stereocenters. The Hall–Kier alpha value is -1.98. The number of carbonyl (C=O) groups is 2. The molecule has 0 saturated carbocycles. The fraction of sp³-hybridized carbons (Fsp3) is 0.500. The van der Waals surface area contributed by atoms with Crippen molar-refractivity contribution in [1.82, 2.24) is 5.32 Å². The molecule has 2 heterocycles. The van der Waals surface area contributed by atoms with Gasteiger partial charge in [0.2, 0.25) is 11.8 Å². The molecule has 1 aromatic carbocycles. The highest BCUT2D eigenvalue weighted by Gasteiger charge is 2.28. The van der Waals surface area contributed by atoms with Crippen LogP contribution in [0.2, 0.25) is 0 Å². The van der Waals surface area contributed by atoms with E-state index in [0.717, 1.165) is 25.3 Å². The first-order chi connectivity index (χ1) is 10.5. The van der Waals surface area contributed by atoms with Crippen molar-refractivity contribution in [2.75, 3.05) is 11.4 Å². The third-order valence-corrected chi connectivity index (χ3v) is 4.28. The molecule has 2 aliphatic rings. The summed E-state index contributed by atoms with van der Waals surface area (Å²) >= 11 is 0. The molecule has 0 radical (unpaired) electrons. The summed E-state index contributed by atoms with van der Waals surface area (Å²) in [7, 11) is 0. The minimum atomic E-state index is -0.940. The maximum Gasteiger partial charge on any atom is 0.229 e. The van der Waals surface area contributed by atoms with Gasteiger partial charge < -0.3 is 10.2 Å². The zero-order valence-corrected chi connectivity index (χ0v) is 12.2. The van der Waals surface area contributed by atoms with Crippen LogP contribution in [-0.4, -0.2) is 24.4 Å². The number of halogens is 2. The largest absolute Gasteiger partial charge is 0.353 e. The number of carbonyl (C=O) groups excluding carboxylic acids is 2. The summed E-state index contributed by atoms with van der Waals surface area (Å²) in [5.74, 6) is -2.01. The lowest BCUT2D eigenvalue weighted by molar-refractivity contribution is -0.124. The molecule has 4 nitrogen and oxygen atoms in total. The van der Waals surface area contributed by atoms with E-state index < -0.39 is 11.6 Å². The predicted octanol–water partition coefficient (Wildman–Crippen LogP) is 2.30. The van der Waals surface area contributed by atoms with Gasteiger partial charge in [-0.2, -0.15) is 0 Å². The third-order valence-electron chi connectivity index (χ3n) is 4.28. The van der Waals surface area contributed by atoms with Gasteiger partial charge in [-0.05, 0) is 37.3 Å². The van der Waals surface area contributed by atoms with E-state index in [0.29, 0.717) is 30.6 Å². The standard InChI is InChI=1S/C16H18F2N2O2/c17-12-7-10-3-2-6-20(14(10)9-13(12)18)16(22)8-11-4-1-5-15(21)19-11/h7,9,11H,1-6,8H2,(H,19,21). The normalized spacial score (nSPS) is 21.3. The molecule has 0 spiro atoms. The molecule has 1 N–H and O–H groups in total. The van der Waals surface area contributed by atoms with E-state index in [1.807, 2.05) is 0 Å². The number of fused-ring (bicyclic) bond motifs is 1. The highest BCUT2D eigenvalue weighted by atomic mass is 19.2. The van der Waals surface area contributed by atoms with E-state index in [1.54, 1.807) is 0 Å². The molecule has 118 valence electrons. The van der Waals surface area contributed by atoms with E-state index in [2.05, 4.69) is 5.32 Å². The molecule has 0 bridgehead atoms. The number of piperidine rings is 1. The SMILES string of the molecule is O=C1CCCC(CC(=O)N2CCCc3cc(F)c(F)cc32)N1. The van der Waals surface area contributed by atoms with Gasteiger partial charge in [-0.25, -0.2) is 8.78 Å². The Balaban J connectivity index is 1.77. The number of benzene rings is 1. The summed E-state index contributed by atoms with van der Waals surface area (Å²) in [5, 5.41) is 2.81. The number of anilines is 1. The molecule has 3 rings (SSSR count). The number of nitrogens with one attached hydrogen (secondary N) is 1. The van der Waals surface area contributed by atoms with Crippen LogP contribution in [0.3, 0.4) is 0 Å². The molecule has 0 aromatic heterocycles. The first-order valence-corrected chi connectivity index (χ1v) is 7.62. The first kappa shape index (κ1) is 14.9. The van der Waals surface area contributed by atoms with E-state index in [9.17, 15) is 18.4 Å². The molecular formula is C16H18F2N2O2. The lowest BCUT2D eigenvalue weighted by Gasteiger charge is -2.31. The highest BCUT2D eigenvalue weighted by Crippen LogP contribution is 2.30. The van der Waals surface area contributed by atoms with Gasteiger partial charge in [0.1, 0.15) is 0 Å². The van der Waals surface area contributed by atoms with Crippen molar-refractivity contribution in [3.63, 3.8) is 0 Å². The topological polar surface area (TPSA) is 49.4 Å². The molecule has 2 aliphatic heterocycles. The van der Waals surface area contributed by atoms with E-state index in [4.69, 9.17) is 0 Å². The number of amides is 2. The van der Waals surface area contributed by atoms with Crippen LogP contribution < -0.4 is 10.2 Å². The van der Waals surface area contributed by atoms with Gasteiger partial charge in [0, 0.05) is 37.2 Å². The second-order valence-electron chi connectivity index (χ2n) is 5.90. The van der Waals surface area contributed by atoms with Gasteiger partial charge in [0.15, 0.2) is 11.6 Å². The maximum absolute atomic E-state index is 13.5. The summed E-state index contributed by atoms with van der Waals surface area (Å²) in [6.07, 6.45) is 3.61. The lowest BCUT2D eigenvalue weighted by atomic mass is 9.98. The van der Waals surface area contributed by atoms with Crippen LogP contribution in [0.1, 0.15) is 37.7 Å². The predicted molar refractivity (Wildman–Crippen MR) is 77.4 cm³/mol. The van der Waals surface area contributed by atoms with Crippen LogP contribution in [-0.2, 0) is 16.0 Å². The summed E-state index contributed by atoms with van der Waals surface area (Å²) < 4.78 is 26.8. The van der Waals surface area contributed by atoms with Crippen LogP contribution in [0.5, 0.6) is 0 Å². The Morgan fingerprint density at radius 2 is 2.00 bits per heavy atom. The van der Waals surface area contributed by atoms with Crippen molar-refractivity contribution >= 4 is 17.5 Å². The third kappa shape index (κ3) is 2.96. The Bertz CT molecular complexity index is 618. The van der Waals surface area contributed by atoms with Crippen molar-refractivity contribution in [3.05, 3.63) is 29.3 Å². The molecule has 1 fully saturated rings. The highest BCUT2D eigenvalue weighted by molar-refractivity contribution is 5.95. The Labute approximate surface area is 127 Å². The molecule has 1 aromatic rings. The smallest absolute Gasteiger partial charge is 0.229 e. The number of aryl methyl sites for hydroxylation is 1. The summed E-state index contributed by atoms with van der Waals surface area (Å²) in [6.45, 7) is 0.498. The van der Waals surface area contributed by atoms with Gasteiger partial charge in [-0.3, -0.25) is 9.59 Å². The minimum Gasteiger partial charge on any atom is -0.353 e. The maximum atomic E-state index is 13.5. The van der Waals surface area contributed by atoms with Crippen LogP contribution in [0.25, 0.3) is 0 Å². The average Bonchev–Trinajstić information content (AvgIpc) is 2.48. The monoisotopic (exact) mass is 308 g/mol. The van der Waals surface area contributed by atoms with Crippen molar-refractivity contribution in [2.24, 2.45) is 0 Å². The zero-order chi connectivity index (χ0) is 15.7. The molecule has 22 heavy (non-hydrogen) atoms. The number of nitrogens with zero attached hydrogens (tertiary/aromatic N) is 1. The van der Waals surface area contributed by atoms with Crippen molar-refractivity contribution in [1.29, 1.82) is 0 Å². The molecular weight excluding hydrogens is 290 g/mol. The number of rotatable bonds is 2.